The summed E-state index contributed by atoms with van der Waals surface area (Å²) in [5.74, 6) is -0.167. The molecule has 1 unspecified atom stereocenters. The van der Waals surface area contributed by atoms with Crippen molar-refractivity contribution in [2.45, 2.75) is 42.3 Å². The van der Waals surface area contributed by atoms with Gasteiger partial charge >= 0.3 is 0 Å². The van der Waals surface area contributed by atoms with Crippen LogP contribution in [0.25, 0.3) is 0 Å². The normalized spacial score (nSPS) is 13.7. The SMILES string of the molecule is CCCC(C)(N)C(=O)Nc1ccc(Sc2ncn[nH]2)cc1. The molecule has 1 amide bonds. The molecule has 0 aliphatic heterocycles. The quantitative estimate of drug-likeness (QED) is 0.761. The third kappa shape index (κ3) is 4.30. The molecule has 0 radical (unpaired) electrons. The minimum Gasteiger partial charge on any atom is -0.325 e. The molecule has 0 aliphatic carbocycles. The molecule has 7 heteroatoms. The van der Waals surface area contributed by atoms with Gasteiger partial charge in [0.15, 0.2) is 5.16 Å². The molecule has 0 saturated carbocycles. The summed E-state index contributed by atoms with van der Waals surface area (Å²) in [6.45, 7) is 3.76. The Morgan fingerprint density at radius 2 is 2.14 bits per heavy atom. The van der Waals surface area contributed by atoms with Crippen LogP contribution in [0.5, 0.6) is 0 Å². The van der Waals surface area contributed by atoms with Crippen molar-refractivity contribution in [2.75, 3.05) is 5.32 Å². The lowest BCUT2D eigenvalue weighted by molar-refractivity contribution is -0.120. The Bertz CT molecular complexity index is 580. The second-order valence-electron chi connectivity index (χ2n) is 5.04. The highest BCUT2D eigenvalue weighted by atomic mass is 32.2. The fourth-order valence-electron chi connectivity index (χ4n) is 1.87. The maximum atomic E-state index is 12.1. The zero-order valence-corrected chi connectivity index (χ0v) is 12.9. The van der Waals surface area contributed by atoms with Gasteiger partial charge in [0.2, 0.25) is 5.91 Å². The predicted octanol–water partition coefficient (Wildman–Crippen LogP) is 2.41. The number of benzene rings is 1. The van der Waals surface area contributed by atoms with Gasteiger partial charge in [0.25, 0.3) is 0 Å². The van der Waals surface area contributed by atoms with E-state index in [-0.39, 0.29) is 5.91 Å². The molecule has 1 aromatic heterocycles. The van der Waals surface area contributed by atoms with Crippen LogP contribution < -0.4 is 11.1 Å². The average Bonchev–Trinajstić information content (AvgIpc) is 2.94. The van der Waals surface area contributed by atoms with Crippen LogP contribution in [0.3, 0.4) is 0 Å². The van der Waals surface area contributed by atoms with Crippen LogP contribution in [0.2, 0.25) is 0 Å². The Balaban J connectivity index is 1.97. The fourth-order valence-corrected chi connectivity index (χ4v) is 2.56. The third-order valence-corrected chi connectivity index (χ3v) is 3.91. The standard InChI is InChI=1S/C14H19N5OS/c1-3-8-14(2,15)12(20)18-10-4-6-11(7-5-10)21-13-16-9-17-19-13/h4-7,9H,3,8,15H2,1-2H3,(H,18,20)(H,16,17,19). The van der Waals surface area contributed by atoms with Crippen LogP contribution in [0.4, 0.5) is 5.69 Å². The van der Waals surface area contributed by atoms with Gasteiger partial charge in [-0.3, -0.25) is 9.89 Å². The molecular formula is C14H19N5OS. The number of rotatable bonds is 6. The molecule has 4 N–H and O–H groups in total. The van der Waals surface area contributed by atoms with Gasteiger partial charge in [-0.2, -0.15) is 5.10 Å². The first-order valence-corrected chi connectivity index (χ1v) is 7.56. The van der Waals surface area contributed by atoms with Crippen molar-refractivity contribution in [1.29, 1.82) is 0 Å². The Kier molecular flexibility index (Phi) is 4.98. The van der Waals surface area contributed by atoms with Crippen molar-refractivity contribution in [1.82, 2.24) is 15.2 Å². The number of aromatic amines is 1. The molecule has 2 aromatic rings. The lowest BCUT2D eigenvalue weighted by Crippen LogP contribution is -2.48. The molecule has 112 valence electrons. The number of H-pyrrole nitrogens is 1. The van der Waals surface area contributed by atoms with Crippen LogP contribution in [-0.4, -0.2) is 26.6 Å². The van der Waals surface area contributed by atoms with E-state index in [2.05, 4.69) is 20.5 Å². The molecule has 1 aromatic carbocycles. The number of nitrogens with two attached hydrogens (primary N) is 1. The summed E-state index contributed by atoms with van der Waals surface area (Å²) >= 11 is 1.47. The van der Waals surface area contributed by atoms with E-state index in [4.69, 9.17) is 5.73 Å². The number of nitrogens with zero attached hydrogens (tertiary/aromatic N) is 2. The number of anilines is 1. The Morgan fingerprint density at radius 3 is 2.71 bits per heavy atom. The van der Waals surface area contributed by atoms with Crippen molar-refractivity contribution in [3.8, 4) is 0 Å². The van der Waals surface area contributed by atoms with Crippen LogP contribution in [-0.2, 0) is 4.79 Å². The van der Waals surface area contributed by atoms with Gasteiger partial charge in [0.1, 0.15) is 6.33 Å². The Morgan fingerprint density at radius 1 is 1.43 bits per heavy atom. The van der Waals surface area contributed by atoms with Crippen LogP contribution in [0.15, 0.2) is 40.6 Å². The summed E-state index contributed by atoms with van der Waals surface area (Å²) in [6.07, 6.45) is 2.98. The number of carbonyl (C=O) groups excluding carboxylic acids is 1. The van der Waals surface area contributed by atoms with Gasteiger partial charge in [-0.1, -0.05) is 25.1 Å². The molecule has 21 heavy (non-hydrogen) atoms. The molecule has 0 aliphatic rings. The van der Waals surface area contributed by atoms with Crippen LogP contribution >= 0.6 is 11.8 Å². The molecule has 0 spiro atoms. The van der Waals surface area contributed by atoms with E-state index >= 15 is 0 Å². The zero-order valence-electron chi connectivity index (χ0n) is 12.1. The van der Waals surface area contributed by atoms with Crippen molar-refractivity contribution in [3.63, 3.8) is 0 Å². The van der Waals surface area contributed by atoms with Crippen molar-refractivity contribution >= 4 is 23.4 Å². The zero-order chi connectivity index (χ0) is 15.3. The van der Waals surface area contributed by atoms with Gasteiger partial charge in [0.05, 0.1) is 5.54 Å². The first kappa shape index (κ1) is 15.5. The highest BCUT2D eigenvalue weighted by Crippen LogP contribution is 2.25. The molecule has 6 nitrogen and oxygen atoms in total. The van der Waals surface area contributed by atoms with Crippen molar-refractivity contribution in [3.05, 3.63) is 30.6 Å². The summed E-state index contributed by atoms with van der Waals surface area (Å²) in [5.41, 5.74) is 5.89. The van der Waals surface area contributed by atoms with E-state index in [1.54, 1.807) is 6.92 Å². The molecule has 0 saturated heterocycles. The monoisotopic (exact) mass is 305 g/mol. The lowest BCUT2D eigenvalue weighted by atomic mass is 9.96. The van der Waals surface area contributed by atoms with Crippen molar-refractivity contribution in [2.24, 2.45) is 5.73 Å². The largest absolute Gasteiger partial charge is 0.325 e. The van der Waals surface area contributed by atoms with E-state index < -0.39 is 5.54 Å². The van der Waals surface area contributed by atoms with Gasteiger partial charge in [-0.25, -0.2) is 4.98 Å². The Hall–Kier alpha value is -1.86. The second kappa shape index (κ2) is 6.73. The molecular weight excluding hydrogens is 286 g/mol. The maximum absolute atomic E-state index is 12.1. The minimum absolute atomic E-state index is 0.167. The van der Waals surface area contributed by atoms with Crippen LogP contribution in [0.1, 0.15) is 26.7 Å². The molecule has 1 heterocycles. The smallest absolute Gasteiger partial charge is 0.244 e. The van der Waals surface area contributed by atoms with Gasteiger partial charge in [-0.15, -0.1) is 0 Å². The van der Waals surface area contributed by atoms with Gasteiger partial charge < -0.3 is 11.1 Å². The highest BCUT2D eigenvalue weighted by Gasteiger charge is 2.27. The number of hydrogen-bond donors (Lipinski definition) is 3. The summed E-state index contributed by atoms with van der Waals surface area (Å²) in [6, 6.07) is 7.52. The highest BCUT2D eigenvalue weighted by molar-refractivity contribution is 7.99. The van der Waals surface area contributed by atoms with E-state index in [9.17, 15) is 4.79 Å². The maximum Gasteiger partial charge on any atom is 0.244 e. The molecule has 1 atom stereocenters. The molecule has 0 bridgehead atoms. The molecule has 0 fully saturated rings. The summed E-state index contributed by atoms with van der Waals surface area (Å²) in [5, 5.41) is 10.1. The number of carbonyl (C=O) groups is 1. The number of aromatic nitrogens is 3. The van der Waals surface area contributed by atoms with E-state index in [1.165, 1.54) is 18.1 Å². The van der Waals surface area contributed by atoms with Crippen LogP contribution in [0, 0.1) is 0 Å². The topological polar surface area (TPSA) is 96.7 Å². The molecule has 2 rings (SSSR count). The van der Waals surface area contributed by atoms with Gasteiger partial charge in [-0.05, 0) is 37.6 Å². The lowest BCUT2D eigenvalue weighted by Gasteiger charge is -2.22. The average molecular weight is 305 g/mol. The van der Waals surface area contributed by atoms with E-state index in [0.717, 1.165) is 22.2 Å². The van der Waals surface area contributed by atoms with Crippen molar-refractivity contribution < 1.29 is 4.79 Å². The van der Waals surface area contributed by atoms with Gasteiger partial charge in [0, 0.05) is 10.6 Å². The first-order chi connectivity index (χ1) is 10.0. The second-order valence-corrected chi connectivity index (χ2v) is 6.10. The first-order valence-electron chi connectivity index (χ1n) is 6.75. The minimum atomic E-state index is -0.845. The number of nitrogens with one attached hydrogen (secondary N) is 2. The summed E-state index contributed by atoms with van der Waals surface area (Å²) < 4.78 is 0. The number of amides is 1. The third-order valence-electron chi connectivity index (χ3n) is 3.01. The summed E-state index contributed by atoms with van der Waals surface area (Å²) in [7, 11) is 0. The summed E-state index contributed by atoms with van der Waals surface area (Å²) in [4.78, 5) is 17.2. The fraction of sp³-hybridized carbons (Fsp3) is 0.357. The Labute approximate surface area is 127 Å². The number of hydrogen-bond acceptors (Lipinski definition) is 5. The van der Waals surface area contributed by atoms with E-state index in [0.29, 0.717) is 6.42 Å². The predicted molar refractivity (Wildman–Crippen MR) is 83.1 cm³/mol. The van der Waals surface area contributed by atoms with E-state index in [1.807, 2.05) is 31.2 Å².